The zero-order chi connectivity index (χ0) is 54.3. The molecular weight excluding hydrogens is 1060 g/mol. The van der Waals surface area contributed by atoms with Crippen LogP contribution in [0.2, 0.25) is 0 Å². The van der Waals surface area contributed by atoms with Crippen molar-refractivity contribution < 1.29 is 0 Å². The number of nitrogens with two attached hydrogens (primary N) is 1. The van der Waals surface area contributed by atoms with Crippen LogP contribution in [-0.2, 0) is 10.8 Å². The molecule has 0 heterocycles. The summed E-state index contributed by atoms with van der Waals surface area (Å²) in [5.41, 5.74) is 23.7. The maximum Gasteiger partial charge on any atom is 0.0714 e. The van der Waals surface area contributed by atoms with Crippen LogP contribution >= 0.6 is 15.9 Å². The van der Waals surface area contributed by atoms with E-state index in [1.807, 2.05) is 30.3 Å². The van der Waals surface area contributed by atoms with Gasteiger partial charge in [-0.1, -0.05) is 278 Å². The lowest BCUT2D eigenvalue weighted by Crippen LogP contribution is -2.28. The van der Waals surface area contributed by atoms with Gasteiger partial charge in [-0.15, -0.1) is 0 Å². The molecule has 0 saturated heterocycles. The molecule has 392 valence electrons. The molecule has 0 amide bonds. The van der Waals surface area contributed by atoms with Crippen LogP contribution in [0.3, 0.4) is 0 Å². The molecule has 16 rings (SSSR count). The van der Waals surface area contributed by atoms with Gasteiger partial charge in [0.1, 0.15) is 0 Å². The minimum atomic E-state index is -0.437. The first-order chi connectivity index (χ1) is 40.0. The average molecular weight is 1120 g/mol. The first-order valence-electron chi connectivity index (χ1n) is 27.7. The number of rotatable bonds is 6. The van der Waals surface area contributed by atoms with Crippen molar-refractivity contribution in [3.8, 4) is 22.3 Å². The molecule has 2 nitrogen and oxygen atoms in total. The van der Waals surface area contributed by atoms with Gasteiger partial charge in [0.15, 0.2) is 0 Å². The van der Waals surface area contributed by atoms with Crippen molar-refractivity contribution in [1.29, 1.82) is 0 Å². The highest BCUT2D eigenvalue weighted by Gasteiger charge is 2.48. The van der Waals surface area contributed by atoms with Crippen molar-refractivity contribution >= 4 is 76.1 Å². The molecule has 0 spiro atoms. The summed E-state index contributed by atoms with van der Waals surface area (Å²) in [4.78, 5) is 0. The van der Waals surface area contributed by atoms with E-state index in [1.54, 1.807) is 0 Å². The second-order valence-corrected chi connectivity index (χ2v) is 22.0. The van der Waals surface area contributed by atoms with E-state index < -0.39 is 5.41 Å². The molecule has 3 N–H and O–H groups in total. The summed E-state index contributed by atoms with van der Waals surface area (Å²) in [5, 5.41) is 13.7. The summed E-state index contributed by atoms with van der Waals surface area (Å²) in [6.45, 7) is 0. The van der Waals surface area contributed by atoms with E-state index in [4.69, 9.17) is 5.73 Å². The van der Waals surface area contributed by atoms with Gasteiger partial charge in [-0.2, -0.15) is 0 Å². The fourth-order valence-corrected chi connectivity index (χ4v) is 13.5. The molecule has 0 fully saturated rings. The highest BCUT2D eigenvalue weighted by atomic mass is 79.9. The van der Waals surface area contributed by atoms with Crippen LogP contribution in [0.1, 0.15) is 51.9 Å². The third-order valence-electron chi connectivity index (χ3n) is 16.7. The van der Waals surface area contributed by atoms with E-state index >= 15 is 0 Å². The lowest BCUT2D eigenvalue weighted by atomic mass is 9.67. The second-order valence-electron chi connectivity index (χ2n) is 21.1. The van der Waals surface area contributed by atoms with E-state index in [0.717, 1.165) is 26.9 Å². The fourth-order valence-electron chi connectivity index (χ4n) is 13.1. The fraction of sp³-hybridized carbons (Fsp3) is 0.0380. The summed E-state index contributed by atoms with van der Waals surface area (Å²) in [6.07, 6.45) is 0. The van der Waals surface area contributed by atoms with Gasteiger partial charge in [0.2, 0.25) is 0 Å². The molecule has 14 aromatic rings. The number of hydrogen-bond donors (Lipinski definition) is 2. The monoisotopic (exact) mass is 1110 g/mol. The molecule has 0 aromatic heterocycles. The molecule has 0 aliphatic heterocycles. The Morgan fingerprint density at radius 1 is 0.280 bits per heavy atom. The molecular formula is C79H59BrN2. The molecule has 0 unspecified atom stereocenters. The number of nitrogen functional groups attached to an aromatic ring is 1. The van der Waals surface area contributed by atoms with Crippen molar-refractivity contribution in [3.63, 3.8) is 0 Å². The lowest BCUT2D eigenvalue weighted by molar-refractivity contribution is 0.769. The van der Waals surface area contributed by atoms with Crippen molar-refractivity contribution in [3.05, 3.63) is 364 Å². The van der Waals surface area contributed by atoms with Gasteiger partial charge in [0, 0.05) is 32.3 Å². The van der Waals surface area contributed by atoms with Crippen LogP contribution in [0.25, 0.3) is 65.3 Å². The zero-order valence-corrected chi connectivity index (χ0v) is 46.1. The number of hydrogen-bond acceptors (Lipinski definition) is 2. The van der Waals surface area contributed by atoms with Gasteiger partial charge in [-0.3, -0.25) is 0 Å². The van der Waals surface area contributed by atoms with Gasteiger partial charge >= 0.3 is 0 Å². The SMILES string of the molecule is Brc1ccc2c(c1)C(c1ccccc1)(c1ccccc1)c1cc3ccccc3cc1-2.C.Nc1cccc2ccccc12.c1ccc(C2(c3ccccc3)c3cc(Nc4cccc5ccccc45)ccc3-c3cc4ccccc4cc32)cc1. The third-order valence-corrected chi connectivity index (χ3v) is 17.2. The van der Waals surface area contributed by atoms with E-state index in [2.05, 4.69) is 306 Å². The van der Waals surface area contributed by atoms with E-state index in [-0.39, 0.29) is 12.8 Å². The summed E-state index contributed by atoms with van der Waals surface area (Å²) in [6, 6.07) is 114. The van der Waals surface area contributed by atoms with Gasteiger partial charge in [-0.05, 0) is 160 Å². The Morgan fingerprint density at radius 2 is 0.634 bits per heavy atom. The summed E-state index contributed by atoms with van der Waals surface area (Å²) >= 11 is 3.75. The quantitative estimate of drug-likeness (QED) is 0.163. The molecule has 0 bridgehead atoms. The molecule has 14 aromatic carbocycles. The van der Waals surface area contributed by atoms with E-state index in [1.165, 1.54) is 104 Å². The van der Waals surface area contributed by atoms with Crippen LogP contribution in [0, 0.1) is 0 Å². The summed E-state index contributed by atoms with van der Waals surface area (Å²) < 4.78 is 1.11. The highest BCUT2D eigenvalue weighted by Crippen LogP contribution is 2.59. The van der Waals surface area contributed by atoms with Crippen LogP contribution in [0.5, 0.6) is 0 Å². The third kappa shape index (κ3) is 8.73. The lowest BCUT2D eigenvalue weighted by Gasteiger charge is -2.34. The summed E-state index contributed by atoms with van der Waals surface area (Å²) in [5.74, 6) is 0. The van der Waals surface area contributed by atoms with Gasteiger partial charge in [0.25, 0.3) is 0 Å². The maximum atomic E-state index is 5.76. The zero-order valence-electron chi connectivity index (χ0n) is 44.5. The van der Waals surface area contributed by atoms with Crippen LogP contribution < -0.4 is 11.1 Å². The van der Waals surface area contributed by atoms with Crippen LogP contribution in [0.15, 0.2) is 320 Å². The minimum absolute atomic E-state index is 0. The smallest absolute Gasteiger partial charge is 0.0714 e. The number of fused-ring (bicyclic) bond motifs is 10. The molecule has 0 saturated carbocycles. The largest absolute Gasteiger partial charge is 0.398 e. The average Bonchev–Trinajstić information content (AvgIpc) is 1.96. The number of benzene rings is 14. The Balaban J connectivity index is 0.000000132. The van der Waals surface area contributed by atoms with Gasteiger partial charge in [-0.25, -0.2) is 0 Å². The molecule has 2 aliphatic rings. The minimum Gasteiger partial charge on any atom is -0.398 e. The van der Waals surface area contributed by atoms with Crippen molar-refractivity contribution in [1.82, 2.24) is 0 Å². The normalized spacial score (nSPS) is 12.8. The number of nitrogens with one attached hydrogen (secondary N) is 1. The van der Waals surface area contributed by atoms with E-state index in [0.29, 0.717) is 0 Å². The molecule has 2 aliphatic carbocycles. The van der Waals surface area contributed by atoms with Crippen LogP contribution in [0.4, 0.5) is 17.1 Å². The topological polar surface area (TPSA) is 38.0 Å². The van der Waals surface area contributed by atoms with Gasteiger partial charge in [0.05, 0.1) is 10.8 Å². The maximum absolute atomic E-state index is 5.76. The molecule has 82 heavy (non-hydrogen) atoms. The molecule has 0 atom stereocenters. The molecule has 0 radical (unpaired) electrons. The summed E-state index contributed by atoms with van der Waals surface area (Å²) in [7, 11) is 0. The van der Waals surface area contributed by atoms with E-state index in [9.17, 15) is 0 Å². The van der Waals surface area contributed by atoms with Gasteiger partial charge < -0.3 is 11.1 Å². The van der Waals surface area contributed by atoms with Crippen molar-refractivity contribution in [2.45, 2.75) is 18.3 Å². The Bertz CT molecular complexity index is 4540. The number of anilines is 3. The first kappa shape index (κ1) is 51.6. The predicted molar refractivity (Wildman–Crippen MR) is 353 cm³/mol. The first-order valence-corrected chi connectivity index (χ1v) is 28.5. The highest BCUT2D eigenvalue weighted by molar-refractivity contribution is 9.10. The Kier molecular flexibility index (Phi) is 13.7. The standard InChI is InChI=1S/C39H27N.C29H19Br.C10H9N.CH4/c1-3-16-30(17-4-1)39(31-18-5-2-6-19-31)36-25-29-14-8-7-13-28(29)24-35(36)34-23-22-32(26-37(34)39)40-38-21-11-15-27-12-9-10-20-33(27)38;30-24-15-16-25-26-17-20-9-7-8-10-21(20)18-27(26)29(28(25)19-24,22-11-3-1-4-12-22)23-13-5-2-6-14-23;11-10-7-3-5-8-4-1-2-6-9(8)10;/h1-26,40H;1-19H;1-7H,11H2;1H4. The van der Waals surface area contributed by atoms with Crippen LogP contribution in [-0.4, -0.2) is 0 Å². The number of halogens is 1. The second kappa shape index (κ2) is 21.7. The Hall–Kier alpha value is -9.80. The van der Waals surface area contributed by atoms with Crippen molar-refractivity contribution in [2.24, 2.45) is 0 Å². The Labute approximate surface area is 489 Å². The van der Waals surface area contributed by atoms with Crippen molar-refractivity contribution in [2.75, 3.05) is 11.1 Å². The molecule has 3 heteroatoms. The Morgan fingerprint density at radius 3 is 1.11 bits per heavy atom. The predicted octanol–water partition coefficient (Wildman–Crippen LogP) is 21.1.